The number of nitrogens with zero attached hydrogens (tertiary/aromatic N) is 1. The number of hydrogen-bond acceptors (Lipinski definition) is 3. The summed E-state index contributed by atoms with van der Waals surface area (Å²) in [4.78, 5) is 24.7. The Labute approximate surface area is 171 Å². The van der Waals surface area contributed by atoms with E-state index < -0.39 is 29.8 Å². The number of carbonyl (C=O) groups is 2. The third kappa shape index (κ3) is 3.11. The Bertz CT molecular complexity index is 956. The molecule has 30 heavy (non-hydrogen) atoms. The van der Waals surface area contributed by atoms with Crippen LogP contribution in [-0.4, -0.2) is 46.4 Å². The fraction of sp³-hybridized carbons (Fsp3) is 0.364. The number of hydrogen-bond donors (Lipinski definition) is 1. The Kier molecular flexibility index (Phi) is 4.75. The Hall–Kier alpha value is -3.03. The Morgan fingerprint density at radius 1 is 1.03 bits per heavy atom. The zero-order valence-corrected chi connectivity index (χ0v) is 16.1. The lowest BCUT2D eigenvalue weighted by Gasteiger charge is -2.38. The number of aliphatic carboxylic acids is 1. The molecule has 0 saturated heterocycles. The van der Waals surface area contributed by atoms with E-state index in [-0.39, 0.29) is 12.5 Å². The molecule has 0 heterocycles. The van der Waals surface area contributed by atoms with E-state index in [4.69, 9.17) is 4.74 Å². The van der Waals surface area contributed by atoms with Crippen LogP contribution in [-0.2, 0) is 9.53 Å². The predicted molar refractivity (Wildman–Crippen MR) is 102 cm³/mol. The molecule has 2 aromatic carbocycles. The summed E-state index contributed by atoms with van der Waals surface area (Å²) in [6.45, 7) is 0.332. The van der Waals surface area contributed by atoms with Gasteiger partial charge in [0.15, 0.2) is 0 Å². The fourth-order valence-corrected chi connectivity index (χ4v) is 4.05. The second kappa shape index (κ2) is 7.04. The van der Waals surface area contributed by atoms with E-state index in [9.17, 15) is 27.9 Å². The number of amides is 1. The van der Waals surface area contributed by atoms with Crippen molar-refractivity contribution in [3.63, 3.8) is 0 Å². The minimum atomic E-state index is -5.15. The smallest absolute Gasteiger partial charge is 0.422 e. The van der Waals surface area contributed by atoms with E-state index in [0.29, 0.717) is 24.7 Å². The molecule has 0 aliphatic heterocycles. The SMILES string of the molecule is CC(C(=O)O)(N(C(=O)OCC1c2ccccc2-c2ccccc21)C1CC1)C(F)(F)F. The molecule has 1 atom stereocenters. The molecule has 4 rings (SSSR count). The number of rotatable bonds is 5. The molecule has 1 saturated carbocycles. The third-order valence-corrected chi connectivity index (χ3v) is 5.90. The van der Waals surface area contributed by atoms with Gasteiger partial charge >= 0.3 is 18.2 Å². The first-order chi connectivity index (χ1) is 14.2. The third-order valence-electron chi connectivity index (χ3n) is 5.90. The molecule has 0 bridgehead atoms. The molecule has 2 aromatic rings. The number of carbonyl (C=O) groups excluding carboxylic acids is 1. The van der Waals surface area contributed by atoms with E-state index in [1.807, 2.05) is 48.5 Å². The predicted octanol–water partition coefficient (Wildman–Crippen LogP) is 4.81. The van der Waals surface area contributed by atoms with Gasteiger partial charge in [0.2, 0.25) is 5.54 Å². The van der Waals surface area contributed by atoms with Crippen LogP contribution >= 0.6 is 0 Å². The quantitative estimate of drug-likeness (QED) is 0.756. The molecule has 0 radical (unpaired) electrons. The average molecular weight is 419 g/mol. The molecular weight excluding hydrogens is 399 g/mol. The van der Waals surface area contributed by atoms with Gasteiger partial charge < -0.3 is 9.84 Å². The summed E-state index contributed by atoms with van der Waals surface area (Å²) in [7, 11) is 0. The molecule has 8 heteroatoms. The molecule has 2 aliphatic rings. The van der Waals surface area contributed by atoms with Gasteiger partial charge in [-0.1, -0.05) is 48.5 Å². The van der Waals surface area contributed by atoms with Crippen molar-refractivity contribution >= 4 is 12.1 Å². The van der Waals surface area contributed by atoms with Crippen molar-refractivity contribution < 1.29 is 32.6 Å². The minimum absolute atomic E-state index is 0.177. The van der Waals surface area contributed by atoms with Crippen LogP contribution in [0.3, 0.4) is 0 Å². The van der Waals surface area contributed by atoms with Crippen LogP contribution in [0.1, 0.15) is 36.8 Å². The summed E-state index contributed by atoms with van der Waals surface area (Å²) < 4.78 is 46.3. The van der Waals surface area contributed by atoms with Crippen LogP contribution in [0.4, 0.5) is 18.0 Å². The van der Waals surface area contributed by atoms with Gasteiger partial charge in [0.05, 0.1) is 0 Å². The Balaban J connectivity index is 1.60. The van der Waals surface area contributed by atoms with Crippen LogP contribution in [0.15, 0.2) is 48.5 Å². The van der Waals surface area contributed by atoms with Crippen molar-refractivity contribution in [2.24, 2.45) is 0 Å². The first-order valence-corrected chi connectivity index (χ1v) is 9.60. The second-order valence-corrected chi connectivity index (χ2v) is 7.78. The first-order valence-electron chi connectivity index (χ1n) is 9.60. The highest BCUT2D eigenvalue weighted by Crippen LogP contribution is 2.46. The molecule has 1 amide bonds. The Morgan fingerprint density at radius 2 is 1.53 bits per heavy atom. The lowest BCUT2D eigenvalue weighted by atomic mass is 9.98. The number of benzene rings is 2. The highest BCUT2D eigenvalue weighted by atomic mass is 19.4. The van der Waals surface area contributed by atoms with Gasteiger partial charge in [-0.05, 0) is 42.0 Å². The van der Waals surface area contributed by atoms with Crippen LogP contribution < -0.4 is 0 Å². The van der Waals surface area contributed by atoms with Crippen LogP contribution in [0, 0.1) is 0 Å². The lowest BCUT2D eigenvalue weighted by Crippen LogP contribution is -2.64. The van der Waals surface area contributed by atoms with Gasteiger partial charge in [-0.25, -0.2) is 9.59 Å². The lowest BCUT2D eigenvalue weighted by molar-refractivity contribution is -0.229. The van der Waals surface area contributed by atoms with Crippen molar-refractivity contribution in [2.75, 3.05) is 6.61 Å². The molecule has 2 aliphatic carbocycles. The maximum atomic E-state index is 13.7. The van der Waals surface area contributed by atoms with Crippen molar-refractivity contribution in [1.82, 2.24) is 4.90 Å². The van der Waals surface area contributed by atoms with E-state index >= 15 is 0 Å². The van der Waals surface area contributed by atoms with Gasteiger partial charge in [0.25, 0.3) is 0 Å². The van der Waals surface area contributed by atoms with Gasteiger partial charge in [-0.2, -0.15) is 13.2 Å². The summed E-state index contributed by atoms with van der Waals surface area (Å²) in [5.41, 5.74) is 0.455. The topological polar surface area (TPSA) is 66.8 Å². The standard InChI is InChI=1S/C22H20F3NO4/c1-21(19(27)28,22(23,24)25)26(13-10-11-13)20(29)30-12-18-16-8-4-2-6-14(16)15-7-3-5-9-17(15)18/h2-9,13,18H,10-12H2,1H3,(H,27,28). The minimum Gasteiger partial charge on any atom is -0.479 e. The number of carboxylic acid groups (broad SMARTS) is 1. The number of fused-ring (bicyclic) bond motifs is 3. The maximum absolute atomic E-state index is 13.7. The summed E-state index contributed by atoms with van der Waals surface area (Å²) >= 11 is 0. The average Bonchev–Trinajstić information content (AvgIpc) is 3.47. The normalized spacial score (nSPS) is 17.6. The largest absolute Gasteiger partial charge is 0.479 e. The summed E-state index contributed by atoms with van der Waals surface area (Å²) in [5.74, 6) is -2.46. The van der Waals surface area contributed by atoms with E-state index in [2.05, 4.69) is 0 Å². The number of ether oxygens (including phenoxy) is 1. The van der Waals surface area contributed by atoms with E-state index in [1.165, 1.54) is 0 Å². The van der Waals surface area contributed by atoms with Gasteiger partial charge in [-0.15, -0.1) is 0 Å². The van der Waals surface area contributed by atoms with Crippen LogP contribution in [0.2, 0.25) is 0 Å². The van der Waals surface area contributed by atoms with Gasteiger partial charge in [0, 0.05) is 12.0 Å². The van der Waals surface area contributed by atoms with Crippen LogP contribution in [0.25, 0.3) is 11.1 Å². The summed E-state index contributed by atoms with van der Waals surface area (Å²) in [6.07, 6.45) is -5.79. The van der Waals surface area contributed by atoms with Crippen molar-refractivity contribution in [2.45, 2.75) is 43.4 Å². The highest BCUT2D eigenvalue weighted by molar-refractivity contribution is 5.85. The molecule has 0 spiro atoms. The van der Waals surface area contributed by atoms with E-state index in [1.54, 1.807) is 0 Å². The molecule has 0 aromatic heterocycles. The van der Waals surface area contributed by atoms with Crippen molar-refractivity contribution in [3.05, 3.63) is 59.7 Å². The molecular formula is C22H20F3NO4. The summed E-state index contributed by atoms with van der Waals surface area (Å²) in [6, 6.07) is 14.3. The maximum Gasteiger partial charge on any atom is 0.422 e. The fourth-order valence-electron chi connectivity index (χ4n) is 4.05. The van der Waals surface area contributed by atoms with Crippen LogP contribution in [0.5, 0.6) is 0 Å². The zero-order chi connectivity index (χ0) is 21.7. The Morgan fingerprint density at radius 3 is 1.97 bits per heavy atom. The monoisotopic (exact) mass is 419 g/mol. The number of halogens is 3. The van der Waals surface area contributed by atoms with Gasteiger partial charge in [0.1, 0.15) is 6.61 Å². The molecule has 1 N–H and O–H groups in total. The molecule has 5 nitrogen and oxygen atoms in total. The molecule has 1 fully saturated rings. The van der Waals surface area contributed by atoms with Crippen molar-refractivity contribution in [1.29, 1.82) is 0 Å². The first kappa shape index (κ1) is 20.3. The highest BCUT2D eigenvalue weighted by Gasteiger charge is 2.65. The van der Waals surface area contributed by atoms with E-state index in [0.717, 1.165) is 22.3 Å². The molecule has 158 valence electrons. The molecule has 1 unspecified atom stereocenters. The number of alkyl halides is 3. The zero-order valence-electron chi connectivity index (χ0n) is 16.1. The van der Waals surface area contributed by atoms with Gasteiger partial charge in [-0.3, -0.25) is 4.90 Å². The number of carboxylic acids is 1. The summed E-state index contributed by atoms with van der Waals surface area (Å²) in [5, 5.41) is 9.33. The van der Waals surface area contributed by atoms with Crippen molar-refractivity contribution in [3.8, 4) is 11.1 Å². The second-order valence-electron chi connectivity index (χ2n) is 7.78.